The zero-order valence-corrected chi connectivity index (χ0v) is 14.6. The summed E-state index contributed by atoms with van der Waals surface area (Å²) in [6, 6.07) is 7.20. The Balaban J connectivity index is 1.91. The number of carbonyl (C=O) groups is 2. The lowest BCUT2D eigenvalue weighted by Gasteiger charge is -2.30. The second-order valence-electron chi connectivity index (χ2n) is 5.90. The summed E-state index contributed by atoms with van der Waals surface area (Å²) in [7, 11) is 0. The minimum atomic E-state index is -0.797. The predicted octanol–water partition coefficient (Wildman–Crippen LogP) is 3.69. The van der Waals surface area contributed by atoms with Gasteiger partial charge in [-0.2, -0.15) is 0 Å². The summed E-state index contributed by atoms with van der Waals surface area (Å²) in [5.41, 5.74) is 0.424. The molecule has 0 radical (unpaired) electrons. The minimum Gasteiger partial charge on any atom is -0.449 e. The van der Waals surface area contributed by atoms with Crippen molar-refractivity contribution >= 4 is 27.8 Å². The van der Waals surface area contributed by atoms with Crippen LogP contribution in [0, 0.1) is 5.92 Å². The van der Waals surface area contributed by atoms with E-state index in [1.54, 1.807) is 25.1 Å². The monoisotopic (exact) mass is 367 g/mol. The highest BCUT2D eigenvalue weighted by Crippen LogP contribution is 2.24. The van der Waals surface area contributed by atoms with Crippen molar-refractivity contribution in [3.05, 3.63) is 34.3 Å². The summed E-state index contributed by atoms with van der Waals surface area (Å²) in [4.78, 5) is 24.3. The van der Waals surface area contributed by atoms with E-state index in [2.05, 4.69) is 28.2 Å². The molecule has 120 valence electrons. The fourth-order valence-corrected chi connectivity index (χ4v) is 3.18. The lowest BCUT2D eigenvalue weighted by molar-refractivity contribution is -0.130. The summed E-state index contributed by atoms with van der Waals surface area (Å²) in [6.07, 6.45) is 3.70. The number of benzene rings is 1. The number of esters is 1. The molecule has 1 aliphatic rings. The maximum Gasteiger partial charge on any atom is 0.340 e. The molecule has 2 rings (SSSR count). The Bertz CT molecular complexity index is 546. The Hall–Kier alpha value is -1.36. The first-order valence-electron chi connectivity index (χ1n) is 7.75. The van der Waals surface area contributed by atoms with Gasteiger partial charge >= 0.3 is 5.97 Å². The Morgan fingerprint density at radius 3 is 2.64 bits per heavy atom. The zero-order chi connectivity index (χ0) is 16.1. The molecule has 0 saturated heterocycles. The van der Waals surface area contributed by atoms with E-state index in [1.165, 1.54) is 6.42 Å². The SMILES string of the molecule is C[C@@H]1CCCC[C@@H]1NC(=O)[C@@H](C)OC(=O)c1ccccc1Br. The number of hydrogen-bond acceptors (Lipinski definition) is 3. The van der Waals surface area contributed by atoms with Gasteiger partial charge in [0, 0.05) is 10.5 Å². The van der Waals surface area contributed by atoms with E-state index in [0.29, 0.717) is 16.0 Å². The van der Waals surface area contributed by atoms with E-state index in [-0.39, 0.29) is 11.9 Å². The van der Waals surface area contributed by atoms with Crippen molar-refractivity contribution in [1.29, 1.82) is 0 Å². The van der Waals surface area contributed by atoms with Gasteiger partial charge in [0.25, 0.3) is 5.91 Å². The van der Waals surface area contributed by atoms with E-state index in [0.717, 1.165) is 19.3 Å². The van der Waals surface area contributed by atoms with Gasteiger partial charge in [0.1, 0.15) is 0 Å². The van der Waals surface area contributed by atoms with E-state index >= 15 is 0 Å². The van der Waals surface area contributed by atoms with Gasteiger partial charge in [-0.3, -0.25) is 4.79 Å². The summed E-state index contributed by atoms with van der Waals surface area (Å²) in [6.45, 7) is 3.76. The van der Waals surface area contributed by atoms with Crippen LogP contribution in [-0.4, -0.2) is 24.0 Å². The van der Waals surface area contributed by atoms with Gasteiger partial charge in [-0.05, 0) is 53.7 Å². The molecule has 1 aromatic rings. The second-order valence-corrected chi connectivity index (χ2v) is 6.76. The number of rotatable bonds is 4. The number of hydrogen-bond donors (Lipinski definition) is 1. The molecule has 1 amide bonds. The van der Waals surface area contributed by atoms with Crippen LogP contribution in [0.5, 0.6) is 0 Å². The van der Waals surface area contributed by atoms with Gasteiger partial charge in [0.15, 0.2) is 6.10 Å². The molecule has 0 heterocycles. The maximum atomic E-state index is 12.2. The molecule has 1 N–H and O–H groups in total. The van der Waals surface area contributed by atoms with Crippen LogP contribution in [-0.2, 0) is 9.53 Å². The topological polar surface area (TPSA) is 55.4 Å². The Labute approximate surface area is 139 Å². The van der Waals surface area contributed by atoms with E-state index in [9.17, 15) is 9.59 Å². The molecule has 5 heteroatoms. The van der Waals surface area contributed by atoms with Crippen LogP contribution >= 0.6 is 15.9 Å². The summed E-state index contributed by atoms with van der Waals surface area (Å²) in [5, 5.41) is 3.01. The maximum absolute atomic E-state index is 12.2. The van der Waals surface area contributed by atoms with Crippen LogP contribution in [0.3, 0.4) is 0 Å². The molecule has 1 aliphatic carbocycles. The van der Waals surface area contributed by atoms with Crippen LogP contribution in [0.25, 0.3) is 0 Å². The Morgan fingerprint density at radius 2 is 1.95 bits per heavy atom. The third kappa shape index (κ3) is 4.32. The molecule has 1 fully saturated rings. The highest BCUT2D eigenvalue weighted by molar-refractivity contribution is 9.10. The van der Waals surface area contributed by atoms with Crippen molar-refractivity contribution in [2.24, 2.45) is 5.92 Å². The molecule has 0 bridgehead atoms. The van der Waals surface area contributed by atoms with Crippen molar-refractivity contribution in [3.8, 4) is 0 Å². The first-order valence-corrected chi connectivity index (χ1v) is 8.54. The first-order chi connectivity index (χ1) is 10.5. The van der Waals surface area contributed by atoms with Crippen LogP contribution in [0.4, 0.5) is 0 Å². The molecule has 1 saturated carbocycles. The second kappa shape index (κ2) is 7.77. The van der Waals surface area contributed by atoms with Crippen LogP contribution < -0.4 is 5.32 Å². The van der Waals surface area contributed by atoms with Crippen molar-refractivity contribution in [3.63, 3.8) is 0 Å². The molecule has 0 aromatic heterocycles. The fraction of sp³-hybridized carbons (Fsp3) is 0.529. The number of carbonyl (C=O) groups excluding carboxylic acids is 2. The average Bonchev–Trinajstić information content (AvgIpc) is 2.49. The standard InChI is InChI=1S/C17H22BrNO3/c1-11-7-3-6-10-15(11)19-16(20)12(2)22-17(21)13-8-4-5-9-14(13)18/h4-5,8-9,11-12,15H,3,6-7,10H2,1-2H3,(H,19,20)/t11-,12-,15+/m1/s1. The lowest BCUT2D eigenvalue weighted by atomic mass is 9.86. The molecule has 22 heavy (non-hydrogen) atoms. The van der Waals surface area contributed by atoms with Crippen LogP contribution in [0.2, 0.25) is 0 Å². The summed E-state index contributed by atoms with van der Waals surface area (Å²) < 4.78 is 5.94. The van der Waals surface area contributed by atoms with Crippen LogP contribution in [0.15, 0.2) is 28.7 Å². The largest absolute Gasteiger partial charge is 0.449 e. The predicted molar refractivity (Wildman–Crippen MR) is 88.6 cm³/mol. The Morgan fingerprint density at radius 1 is 1.27 bits per heavy atom. The van der Waals surface area contributed by atoms with Gasteiger partial charge < -0.3 is 10.1 Å². The summed E-state index contributed by atoms with van der Waals surface area (Å²) in [5.74, 6) is -0.241. The van der Waals surface area contributed by atoms with Crippen molar-refractivity contribution in [2.75, 3.05) is 0 Å². The van der Waals surface area contributed by atoms with Gasteiger partial charge in [-0.15, -0.1) is 0 Å². The molecule has 4 nitrogen and oxygen atoms in total. The van der Waals surface area contributed by atoms with E-state index in [1.807, 2.05) is 6.07 Å². The molecular weight excluding hydrogens is 346 g/mol. The minimum absolute atomic E-state index is 0.186. The number of ether oxygens (including phenoxy) is 1. The van der Waals surface area contributed by atoms with Gasteiger partial charge in [0.2, 0.25) is 0 Å². The lowest BCUT2D eigenvalue weighted by Crippen LogP contribution is -2.46. The smallest absolute Gasteiger partial charge is 0.340 e. The van der Waals surface area contributed by atoms with E-state index < -0.39 is 12.1 Å². The highest BCUT2D eigenvalue weighted by atomic mass is 79.9. The van der Waals surface area contributed by atoms with Gasteiger partial charge in [0.05, 0.1) is 5.56 Å². The Kier molecular flexibility index (Phi) is 6.00. The molecule has 1 aromatic carbocycles. The van der Waals surface area contributed by atoms with Gasteiger partial charge in [-0.1, -0.05) is 31.9 Å². The normalized spacial score (nSPS) is 22.7. The highest BCUT2D eigenvalue weighted by Gasteiger charge is 2.26. The van der Waals surface area contributed by atoms with Gasteiger partial charge in [-0.25, -0.2) is 4.79 Å². The first kappa shape index (κ1) is 17.0. The fourth-order valence-electron chi connectivity index (χ4n) is 2.74. The summed E-state index contributed by atoms with van der Waals surface area (Å²) >= 11 is 3.31. The quantitative estimate of drug-likeness (QED) is 0.825. The molecule has 0 unspecified atom stereocenters. The molecular formula is C17H22BrNO3. The van der Waals surface area contributed by atoms with Crippen molar-refractivity contribution in [1.82, 2.24) is 5.32 Å². The van der Waals surface area contributed by atoms with E-state index in [4.69, 9.17) is 4.74 Å². The van der Waals surface area contributed by atoms with Crippen molar-refractivity contribution < 1.29 is 14.3 Å². The number of amides is 1. The average molecular weight is 368 g/mol. The molecule has 3 atom stereocenters. The third-order valence-corrected chi connectivity index (χ3v) is 4.88. The van der Waals surface area contributed by atoms with Crippen molar-refractivity contribution in [2.45, 2.75) is 51.7 Å². The number of nitrogens with one attached hydrogen (secondary N) is 1. The molecule has 0 spiro atoms. The zero-order valence-electron chi connectivity index (χ0n) is 13.0. The third-order valence-electron chi connectivity index (χ3n) is 4.19. The number of halogens is 1. The molecule has 0 aliphatic heterocycles. The van der Waals surface area contributed by atoms with Crippen LogP contribution in [0.1, 0.15) is 49.9 Å².